The summed E-state index contributed by atoms with van der Waals surface area (Å²) in [6.45, 7) is 4.93. The smallest absolute Gasteiger partial charge is 0.233 e. The minimum atomic E-state index is 0. The highest BCUT2D eigenvalue weighted by atomic mass is 35.5. The van der Waals surface area contributed by atoms with Crippen LogP contribution in [-0.2, 0) is 4.79 Å². The molecule has 4 nitrogen and oxygen atoms in total. The van der Waals surface area contributed by atoms with Gasteiger partial charge in [0.2, 0.25) is 5.91 Å². The van der Waals surface area contributed by atoms with Gasteiger partial charge in [0.1, 0.15) is 0 Å². The van der Waals surface area contributed by atoms with E-state index < -0.39 is 0 Å². The van der Waals surface area contributed by atoms with Crippen LogP contribution in [0.25, 0.3) is 10.2 Å². The van der Waals surface area contributed by atoms with Crippen LogP contribution in [0.15, 0.2) is 28.6 Å². The number of benzene rings is 1. The summed E-state index contributed by atoms with van der Waals surface area (Å²) < 4.78 is 2.17. The van der Waals surface area contributed by atoms with Crippen LogP contribution in [0.2, 0.25) is 0 Å². The van der Waals surface area contributed by atoms with Gasteiger partial charge in [-0.05, 0) is 31.5 Å². The third-order valence-electron chi connectivity index (χ3n) is 3.85. The summed E-state index contributed by atoms with van der Waals surface area (Å²) >= 11 is 3.23. The fourth-order valence-corrected chi connectivity index (χ4v) is 4.73. The van der Waals surface area contributed by atoms with Crippen molar-refractivity contribution >= 4 is 51.6 Å². The molecule has 1 amide bonds. The van der Waals surface area contributed by atoms with E-state index in [0.29, 0.717) is 11.8 Å². The van der Waals surface area contributed by atoms with Crippen molar-refractivity contribution in [3.63, 3.8) is 0 Å². The third-order valence-corrected chi connectivity index (χ3v) is 6.02. The van der Waals surface area contributed by atoms with Crippen molar-refractivity contribution in [1.29, 1.82) is 0 Å². The fourth-order valence-electron chi connectivity index (χ4n) is 2.78. The third kappa shape index (κ3) is 4.59. The van der Waals surface area contributed by atoms with Gasteiger partial charge in [0.25, 0.3) is 0 Å². The van der Waals surface area contributed by atoms with Gasteiger partial charge in [-0.2, -0.15) is 0 Å². The summed E-state index contributed by atoms with van der Waals surface area (Å²) in [6, 6.07) is 8.48. The van der Waals surface area contributed by atoms with E-state index in [2.05, 4.69) is 28.2 Å². The van der Waals surface area contributed by atoms with Crippen molar-refractivity contribution in [2.45, 2.75) is 30.1 Å². The SMILES string of the molecule is CCCN(C(=O)CSc1nc2ccccc2s1)C1CCNC1.Cl. The molecular formula is C16H22ClN3OS2. The molecule has 2 heterocycles. The van der Waals surface area contributed by atoms with E-state index in [-0.39, 0.29) is 18.3 Å². The minimum Gasteiger partial charge on any atom is -0.338 e. The van der Waals surface area contributed by atoms with Gasteiger partial charge in [-0.25, -0.2) is 4.98 Å². The summed E-state index contributed by atoms with van der Waals surface area (Å²) in [5.74, 6) is 0.718. The second-order valence-corrected chi connectivity index (χ2v) is 7.72. The van der Waals surface area contributed by atoms with Crippen LogP contribution in [0.5, 0.6) is 0 Å². The zero-order chi connectivity index (χ0) is 15.4. The molecule has 1 aromatic heterocycles. The second-order valence-electron chi connectivity index (χ2n) is 5.47. The highest BCUT2D eigenvalue weighted by Crippen LogP contribution is 2.29. The molecule has 1 fully saturated rings. The van der Waals surface area contributed by atoms with Crippen LogP contribution in [0.1, 0.15) is 19.8 Å². The van der Waals surface area contributed by atoms with E-state index >= 15 is 0 Å². The lowest BCUT2D eigenvalue weighted by molar-refractivity contribution is -0.130. The number of carbonyl (C=O) groups excluding carboxylic acids is 1. The van der Waals surface area contributed by atoms with Crippen molar-refractivity contribution in [3.8, 4) is 0 Å². The number of carbonyl (C=O) groups is 1. The molecule has 1 unspecified atom stereocenters. The molecule has 1 aromatic carbocycles. The first kappa shape index (κ1) is 18.5. The van der Waals surface area contributed by atoms with E-state index in [1.807, 2.05) is 18.2 Å². The molecule has 1 aliphatic heterocycles. The zero-order valence-corrected chi connectivity index (χ0v) is 15.6. The van der Waals surface area contributed by atoms with Gasteiger partial charge in [-0.3, -0.25) is 4.79 Å². The van der Waals surface area contributed by atoms with E-state index in [1.165, 1.54) is 4.70 Å². The molecule has 7 heteroatoms. The number of aromatic nitrogens is 1. The minimum absolute atomic E-state index is 0. The molecule has 0 spiro atoms. The van der Waals surface area contributed by atoms with Gasteiger partial charge in [-0.1, -0.05) is 30.8 Å². The van der Waals surface area contributed by atoms with E-state index in [0.717, 1.165) is 42.3 Å². The highest BCUT2D eigenvalue weighted by Gasteiger charge is 2.25. The number of amides is 1. The molecule has 1 saturated heterocycles. The number of thioether (sulfide) groups is 1. The molecule has 2 aromatic rings. The maximum absolute atomic E-state index is 12.6. The van der Waals surface area contributed by atoms with Crippen molar-refractivity contribution in [2.24, 2.45) is 0 Å². The van der Waals surface area contributed by atoms with Gasteiger partial charge in [0, 0.05) is 19.1 Å². The Labute approximate surface area is 151 Å². The Hall–Kier alpha value is -0.820. The van der Waals surface area contributed by atoms with E-state index in [4.69, 9.17) is 0 Å². The van der Waals surface area contributed by atoms with Gasteiger partial charge >= 0.3 is 0 Å². The summed E-state index contributed by atoms with van der Waals surface area (Å²) in [5.41, 5.74) is 1.02. The molecular weight excluding hydrogens is 350 g/mol. The molecule has 3 rings (SSSR count). The van der Waals surface area contributed by atoms with Crippen molar-refractivity contribution in [2.75, 3.05) is 25.4 Å². The number of para-hydroxylation sites is 1. The molecule has 0 radical (unpaired) electrons. The quantitative estimate of drug-likeness (QED) is 0.790. The standard InChI is InChI=1S/C16H21N3OS2.ClH/c1-2-9-19(12-7-8-17-10-12)15(20)11-21-16-18-13-5-3-4-6-14(13)22-16;/h3-6,12,17H,2,7-11H2,1H3;1H. The molecule has 1 aliphatic rings. The second kappa shape index (κ2) is 8.87. The predicted octanol–water partition coefficient (Wildman–Crippen LogP) is 3.41. The first-order valence-electron chi connectivity index (χ1n) is 7.76. The molecule has 0 aliphatic carbocycles. The molecule has 1 N–H and O–H groups in total. The molecule has 126 valence electrons. The van der Waals surface area contributed by atoms with Crippen LogP contribution in [0, 0.1) is 0 Å². The number of rotatable bonds is 6. The first-order valence-corrected chi connectivity index (χ1v) is 9.56. The average Bonchev–Trinajstić information content (AvgIpc) is 3.18. The first-order chi connectivity index (χ1) is 10.8. The number of halogens is 1. The van der Waals surface area contributed by atoms with Crippen LogP contribution in [-0.4, -0.2) is 47.2 Å². The number of thiazole rings is 1. The molecule has 1 atom stereocenters. The van der Waals surface area contributed by atoms with Crippen molar-refractivity contribution < 1.29 is 4.79 Å². The van der Waals surface area contributed by atoms with Gasteiger partial charge in [0.15, 0.2) is 4.34 Å². The Morgan fingerprint density at radius 3 is 3.00 bits per heavy atom. The maximum Gasteiger partial charge on any atom is 0.233 e. The Bertz CT molecular complexity index is 610. The van der Waals surface area contributed by atoms with E-state index in [1.54, 1.807) is 23.1 Å². The molecule has 0 bridgehead atoms. The Morgan fingerprint density at radius 2 is 2.30 bits per heavy atom. The average molecular weight is 372 g/mol. The number of hydrogen-bond acceptors (Lipinski definition) is 5. The molecule has 23 heavy (non-hydrogen) atoms. The maximum atomic E-state index is 12.6. The lowest BCUT2D eigenvalue weighted by atomic mass is 10.2. The van der Waals surface area contributed by atoms with E-state index in [9.17, 15) is 4.79 Å². The van der Waals surface area contributed by atoms with Crippen molar-refractivity contribution in [3.05, 3.63) is 24.3 Å². The zero-order valence-electron chi connectivity index (χ0n) is 13.2. The Morgan fingerprint density at radius 1 is 1.48 bits per heavy atom. The monoisotopic (exact) mass is 371 g/mol. The van der Waals surface area contributed by atoms with Gasteiger partial charge in [0.05, 0.1) is 16.0 Å². The van der Waals surface area contributed by atoms with Crippen LogP contribution < -0.4 is 5.32 Å². The van der Waals surface area contributed by atoms with Gasteiger partial charge in [-0.15, -0.1) is 23.7 Å². The summed E-state index contributed by atoms with van der Waals surface area (Å²) in [6.07, 6.45) is 2.07. The lowest BCUT2D eigenvalue weighted by Gasteiger charge is -2.28. The Balaban J connectivity index is 0.00000192. The number of hydrogen-bond donors (Lipinski definition) is 1. The van der Waals surface area contributed by atoms with Crippen LogP contribution >= 0.6 is 35.5 Å². The van der Waals surface area contributed by atoms with Gasteiger partial charge < -0.3 is 10.2 Å². The summed E-state index contributed by atoms with van der Waals surface area (Å²) in [7, 11) is 0. The fraction of sp³-hybridized carbons (Fsp3) is 0.500. The molecule has 0 saturated carbocycles. The number of nitrogens with one attached hydrogen (secondary N) is 1. The number of fused-ring (bicyclic) bond motifs is 1. The van der Waals surface area contributed by atoms with Crippen molar-refractivity contribution in [1.82, 2.24) is 15.2 Å². The number of nitrogens with zero attached hydrogens (tertiary/aromatic N) is 2. The highest BCUT2D eigenvalue weighted by molar-refractivity contribution is 8.01. The largest absolute Gasteiger partial charge is 0.338 e. The predicted molar refractivity (Wildman–Crippen MR) is 101 cm³/mol. The summed E-state index contributed by atoms with van der Waals surface area (Å²) in [4.78, 5) is 19.2. The lowest BCUT2D eigenvalue weighted by Crippen LogP contribution is -2.43. The topological polar surface area (TPSA) is 45.2 Å². The normalized spacial score (nSPS) is 17.2. The van der Waals surface area contributed by atoms with Crippen LogP contribution in [0.4, 0.5) is 0 Å². The van der Waals surface area contributed by atoms with Crippen LogP contribution in [0.3, 0.4) is 0 Å². The Kier molecular flexibility index (Phi) is 7.14. The summed E-state index contributed by atoms with van der Waals surface area (Å²) in [5, 5.41) is 3.35.